The number of unbranched alkanes of at least 4 members (excludes halogenated alkanes) is 16. The molecule has 0 aliphatic carbocycles. The number of rotatable bonds is 20. The Bertz CT molecular complexity index is 1230. The molecule has 4 heteroatoms. The fraction of sp³-hybridized carbons (Fsp3) is 0.561. The lowest BCUT2D eigenvalue weighted by molar-refractivity contribution is 0.0686. The molecule has 0 amide bonds. The number of hydrogen-bond donors (Lipinski definition) is 2. The van der Waals surface area contributed by atoms with Gasteiger partial charge in [0.2, 0.25) is 0 Å². The zero-order valence-electron chi connectivity index (χ0n) is 28.4. The van der Waals surface area contributed by atoms with Crippen LogP contribution in [0.2, 0.25) is 0 Å². The molecule has 0 heterocycles. The molecule has 0 bridgehead atoms. The standard InChI is InChI=1S/C41H56O4/c1-5-7-9-11-13-15-17-19-21-23-27-33-29-25-31-35(39(42)43)37(33)41(3,4)38-34(30-26-32-36(38)40(44)45)28-24-22-20-18-16-14-12-10-8-6-2/h25-26,29-32H,5-22H2,1-4H3,(H,42,43)(H,44,45). The molecule has 0 aromatic heterocycles. The zero-order chi connectivity index (χ0) is 32.9. The third-order valence-corrected chi connectivity index (χ3v) is 8.60. The van der Waals surface area contributed by atoms with Crippen molar-refractivity contribution in [3.63, 3.8) is 0 Å². The summed E-state index contributed by atoms with van der Waals surface area (Å²) in [5.74, 6) is 11.0. The molecule has 0 unspecified atom stereocenters. The number of carbonyl (C=O) groups is 2. The van der Waals surface area contributed by atoms with Gasteiger partial charge in [-0.25, -0.2) is 9.59 Å². The maximum atomic E-state index is 12.5. The highest BCUT2D eigenvalue weighted by atomic mass is 16.4. The maximum Gasteiger partial charge on any atom is 0.336 e. The van der Waals surface area contributed by atoms with Crippen LogP contribution in [-0.2, 0) is 5.41 Å². The number of hydrogen-bond acceptors (Lipinski definition) is 2. The fourth-order valence-corrected chi connectivity index (χ4v) is 6.15. The average molecular weight is 613 g/mol. The van der Waals surface area contributed by atoms with Crippen molar-refractivity contribution in [2.45, 2.75) is 149 Å². The number of benzene rings is 2. The quantitative estimate of drug-likeness (QED) is 0.115. The maximum absolute atomic E-state index is 12.5. The van der Waals surface area contributed by atoms with Gasteiger partial charge in [-0.3, -0.25) is 0 Å². The lowest BCUT2D eigenvalue weighted by atomic mass is 9.70. The van der Waals surface area contributed by atoms with Gasteiger partial charge in [0, 0.05) is 29.4 Å². The SMILES string of the molecule is CCCCCCCCCCC#Cc1cccc(C(=O)O)c1C(C)(C)c1c(C#CCCCCCCCCCC)cccc1C(=O)O. The highest BCUT2D eigenvalue weighted by Crippen LogP contribution is 2.39. The second-order valence-electron chi connectivity index (χ2n) is 12.7. The van der Waals surface area contributed by atoms with E-state index in [9.17, 15) is 19.8 Å². The van der Waals surface area contributed by atoms with Gasteiger partial charge in [-0.15, -0.1) is 0 Å². The van der Waals surface area contributed by atoms with Crippen LogP contribution in [0.1, 0.15) is 186 Å². The topological polar surface area (TPSA) is 74.6 Å². The first-order chi connectivity index (χ1) is 21.8. The molecule has 45 heavy (non-hydrogen) atoms. The lowest BCUT2D eigenvalue weighted by Gasteiger charge is -2.31. The molecule has 0 fully saturated rings. The van der Waals surface area contributed by atoms with Crippen LogP contribution in [0.3, 0.4) is 0 Å². The summed E-state index contributed by atoms with van der Waals surface area (Å²) >= 11 is 0. The Balaban J connectivity index is 2.30. The Morgan fingerprint density at radius 2 is 0.889 bits per heavy atom. The van der Waals surface area contributed by atoms with Crippen molar-refractivity contribution in [1.29, 1.82) is 0 Å². The summed E-state index contributed by atoms with van der Waals surface area (Å²) in [7, 11) is 0. The fourth-order valence-electron chi connectivity index (χ4n) is 6.15. The Labute approximate surface area is 273 Å². The van der Waals surface area contributed by atoms with Crippen LogP contribution in [0.5, 0.6) is 0 Å². The van der Waals surface area contributed by atoms with Crippen LogP contribution in [0.25, 0.3) is 0 Å². The van der Waals surface area contributed by atoms with Crippen molar-refractivity contribution in [2.24, 2.45) is 0 Å². The van der Waals surface area contributed by atoms with Crippen LogP contribution in [0.4, 0.5) is 0 Å². The molecule has 0 spiro atoms. The molecular formula is C41H56O4. The minimum absolute atomic E-state index is 0.136. The molecule has 0 saturated carbocycles. The second-order valence-corrected chi connectivity index (χ2v) is 12.7. The van der Waals surface area contributed by atoms with Crippen molar-refractivity contribution in [2.75, 3.05) is 0 Å². The Morgan fingerprint density at radius 3 is 1.22 bits per heavy atom. The number of carboxylic acid groups (broad SMARTS) is 2. The molecule has 2 aromatic carbocycles. The summed E-state index contributed by atoms with van der Waals surface area (Å²) < 4.78 is 0. The molecule has 0 radical (unpaired) electrons. The molecule has 2 rings (SSSR count). The summed E-state index contributed by atoms with van der Waals surface area (Å²) in [6.45, 7) is 8.25. The van der Waals surface area contributed by atoms with E-state index in [4.69, 9.17) is 0 Å². The van der Waals surface area contributed by atoms with Gasteiger partial charge in [-0.05, 0) is 48.2 Å². The molecular weight excluding hydrogens is 556 g/mol. The van der Waals surface area contributed by atoms with Crippen molar-refractivity contribution in [3.8, 4) is 23.7 Å². The van der Waals surface area contributed by atoms with Crippen LogP contribution >= 0.6 is 0 Å². The van der Waals surface area contributed by atoms with Crippen LogP contribution in [-0.4, -0.2) is 22.2 Å². The third-order valence-electron chi connectivity index (χ3n) is 8.60. The summed E-state index contributed by atoms with van der Waals surface area (Å²) in [6.07, 6.45) is 21.1. The van der Waals surface area contributed by atoms with E-state index in [2.05, 4.69) is 37.5 Å². The minimum Gasteiger partial charge on any atom is -0.478 e. The number of aromatic carboxylic acids is 2. The predicted molar refractivity (Wildman–Crippen MR) is 187 cm³/mol. The summed E-state index contributed by atoms with van der Waals surface area (Å²) in [4.78, 5) is 25.0. The van der Waals surface area contributed by atoms with Crippen LogP contribution < -0.4 is 0 Å². The summed E-state index contributed by atoms with van der Waals surface area (Å²) in [5.41, 5.74) is 1.60. The molecule has 0 saturated heterocycles. The van der Waals surface area contributed by atoms with Gasteiger partial charge in [0.15, 0.2) is 0 Å². The highest BCUT2D eigenvalue weighted by molar-refractivity contribution is 5.94. The van der Waals surface area contributed by atoms with E-state index in [1.807, 2.05) is 26.0 Å². The van der Waals surface area contributed by atoms with E-state index in [-0.39, 0.29) is 11.1 Å². The zero-order valence-corrected chi connectivity index (χ0v) is 28.4. The molecule has 0 aliphatic rings. The third kappa shape index (κ3) is 12.8. The Morgan fingerprint density at radius 1 is 0.556 bits per heavy atom. The highest BCUT2D eigenvalue weighted by Gasteiger charge is 2.35. The van der Waals surface area contributed by atoms with Crippen molar-refractivity contribution in [3.05, 3.63) is 69.8 Å². The molecule has 2 aromatic rings. The van der Waals surface area contributed by atoms with Gasteiger partial charge < -0.3 is 10.2 Å². The lowest BCUT2D eigenvalue weighted by Crippen LogP contribution is -2.28. The first kappa shape index (κ1) is 37.7. The molecule has 0 atom stereocenters. The molecule has 2 N–H and O–H groups in total. The van der Waals surface area contributed by atoms with Crippen molar-refractivity contribution >= 4 is 11.9 Å². The average Bonchev–Trinajstić information content (AvgIpc) is 3.02. The van der Waals surface area contributed by atoms with Gasteiger partial charge in [0.05, 0.1) is 11.1 Å². The van der Waals surface area contributed by atoms with E-state index in [0.717, 1.165) is 38.5 Å². The summed E-state index contributed by atoms with van der Waals surface area (Å²) in [5, 5.41) is 20.4. The normalized spacial score (nSPS) is 10.9. The Hall–Kier alpha value is -3.50. The predicted octanol–water partition coefficient (Wildman–Crippen LogP) is 11.2. The van der Waals surface area contributed by atoms with Crippen LogP contribution in [0.15, 0.2) is 36.4 Å². The van der Waals surface area contributed by atoms with Gasteiger partial charge in [-0.1, -0.05) is 153 Å². The van der Waals surface area contributed by atoms with Crippen molar-refractivity contribution in [1.82, 2.24) is 0 Å². The van der Waals surface area contributed by atoms with Gasteiger partial charge in [-0.2, -0.15) is 0 Å². The number of carboxylic acids is 2. The largest absolute Gasteiger partial charge is 0.478 e. The first-order valence-electron chi connectivity index (χ1n) is 17.5. The van der Waals surface area contributed by atoms with E-state index < -0.39 is 17.4 Å². The smallest absolute Gasteiger partial charge is 0.336 e. The van der Waals surface area contributed by atoms with Gasteiger partial charge in [0.1, 0.15) is 0 Å². The van der Waals surface area contributed by atoms with E-state index >= 15 is 0 Å². The van der Waals surface area contributed by atoms with E-state index in [0.29, 0.717) is 22.3 Å². The van der Waals surface area contributed by atoms with E-state index in [1.165, 1.54) is 77.0 Å². The van der Waals surface area contributed by atoms with E-state index in [1.54, 1.807) is 24.3 Å². The van der Waals surface area contributed by atoms with Crippen molar-refractivity contribution < 1.29 is 19.8 Å². The van der Waals surface area contributed by atoms with Crippen LogP contribution in [0, 0.1) is 23.7 Å². The van der Waals surface area contributed by atoms with Gasteiger partial charge in [0.25, 0.3) is 0 Å². The molecule has 0 aliphatic heterocycles. The Kier molecular flexibility index (Phi) is 17.8. The second kappa shape index (κ2) is 21.3. The summed E-state index contributed by atoms with van der Waals surface area (Å²) in [6, 6.07) is 10.3. The monoisotopic (exact) mass is 612 g/mol. The first-order valence-corrected chi connectivity index (χ1v) is 17.5. The van der Waals surface area contributed by atoms with Gasteiger partial charge >= 0.3 is 11.9 Å². The molecule has 4 nitrogen and oxygen atoms in total. The minimum atomic E-state index is -1.06. The molecule has 244 valence electrons.